The van der Waals surface area contributed by atoms with E-state index in [4.69, 9.17) is 14.5 Å². The first-order valence-electron chi connectivity index (χ1n) is 10.6. The number of aryl methyl sites for hydroxylation is 3. The lowest BCUT2D eigenvalue weighted by molar-refractivity contribution is -0.121. The molecule has 2 aromatic heterocycles. The number of rotatable bonds is 8. The molecule has 0 aliphatic rings. The van der Waals surface area contributed by atoms with Gasteiger partial charge in [0, 0.05) is 19.2 Å². The number of carbonyl (C=O) groups is 1. The maximum atomic E-state index is 12.6. The summed E-state index contributed by atoms with van der Waals surface area (Å²) in [6.07, 6.45) is 1.13. The number of nitrogens with zero attached hydrogens (tertiary/aromatic N) is 3. The van der Waals surface area contributed by atoms with Crippen molar-refractivity contribution in [2.45, 2.75) is 59.6 Å². The number of benzene rings is 1. The predicted molar refractivity (Wildman–Crippen MR) is 122 cm³/mol. The fourth-order valence-electron chi connectivity index (χ4n) is 3.85. The number of pyridine rings is 1. The van der Waals surface area contributed by atoms with Crippen molar-refractivity contribution < 1.29 is 14.3 Å². The van der Waals surface area contributed by atoms with E-state index in [9.17, 15) is 4.79 Å². The molecule has 0 bridgehead atoms. The first-order chi connectivity index (χ1) is 14.7. The van der Waals surface area contributed by atoms with Gasteiger partial charge in [0.25, 0.3) is 0 Å². The second-order valence-electron chi connectivity index (χ2n) is 8.16. The van der Waals surface area contributed by atoms with E-state index in [-0.39, 0.29) is 18.1 Å². The quantitative estimate of drug-likeness (QED) is 0.587. The Morgan fingerprint density at radius 2 is 1.84 bits per heavy atom. The van der Waals surface area contributed by atoms with Crippen molar-refractivity contribution in [3.63, 3.8) is 0 Å². The minimum absolute atomic E-state index is 0.00653. The van der Waals surface area contributed by atoms with Crippen molar-refractivity contribution in [1.82, 2.24) is 20.1 Å². The molecule has 3 aromatic rings. The molecule has 1 atom stereocenters. The molecule has 0 saturated heterocycles. The molecule has 1 unspecified atom stereocenters. The standard InChI is InChI=1S/C24H32N4O3/c1-14(2)31-19-10-8-18(9-11-19)16(4)25-21(29)13-12-20-15(3)22-23(26-17(20)5)28(6)27-24(22)30-7/h8-11,14,16H,12-13H2,1-7H3,(H,25,29). The number of fused-ring (bicyclic) bond motifs is 1. The number of aromatic nitrogens is 3. The van der Waals surface area contributed by atoms with Crippen LogP contribution in [0, 0.1) is 13.8 Å². The Morgan fingerprint density at radius 3 is 2.45 bits per heavy atom. The van der Waals surface area contributed by atoms with E-state index in [1.165, 1.54) is 0 Å². The first kappa shape index (κ1) is 22.6. The molecule has 1 N–H and O–H groups in total. The number of methoxy groups -OCH3 is 1. The minimum atomic E-state index is -0.0817. The lowest BCUT2D eigenvalue weighted by Crippen LogP contribution is -2.27. The molecule has 0 aliphatic carbocycles. The van der Waals surface area contributed by atoms with Gasteiger partial charge in [0.2, 0.25) is 11.8 Å². The SMILES string of the molecule is COc1nn(C)c2nc(C)c(CCC(=O)NC(C)c3ccc(OC(C)C)cc3)c(C)c12. The van der Waals surface area contributed by atoms with Crippen molar-refractivity contribution in [1.29, 1.82) is 0 Å². The number of hydrogen-bond acceptors (Lipinski definition) is 5. The van der Waals surface area contributed by atoms with Crippen LogP contribution in [0.4, 0.5) is 0 Å². The van der Waals surface area contributed by atoms with Gasteiger partial charge < -0.3 is 14.8 Å². The van der Waals surface area contributed by atoms with Crippen molar-refractivity contribution in [3.8, 4) is 11.6 Å². The molecule has 7 nitrogen and oxygen atoms in total. The third-order valence-corrected chi connectivity index (χ3v) is 5.45. The second kappa shape index (κ2) is 9.37. The molecule has 0 spiro atoms. The molecule has 3 rings (SSSR count). The highest BCUT2D eigenvalue weighted by molar-refractivity contribution is 5.86. The van der Waals surface area contributed by atoms with Crippen LogP contribution in [0.15, 0.2) is 24.3 Å². The number of nitrogens with one attached hydrogen (secondary N) is 1. The van der Waals surface area contributed by atoms with E-state index in [0.29, 0.717) is 18.7 Å². The molecule has 1 aromatic carbocycles. The van der Waals surface area contributed by atoms with Gasteiger partial charge in [-0.25, -0.2) is 9.67 Å². The molecule has 0 fully saturated rings. The van der Waals surface area contributed by atoms with E-state index in [1.807, 2.05) is 65.9 Å². The molecule has 31 heavy (non-hydrogen) atoms. The van der Waals surface area contributed by atoms with Crippen molar-refractivity contribution in [2.24, 2.45) is 7.05 Å². The zero-order valence-electron chi connectivity index (χ0n) is 19.4. The molecular formula is C24H32N4O3. The van der Waals surface area contributed by atoms with Gasteiger partial charge in [-0.1, -0.05) is 12.1 Å². The number of amides is 1. The number of ether oxygens (including phenoxy) is 2. The third kappa shape index (κ3) is 4.98. The molecule has 2 heterocycles. The monoisotopic (exact) mass is 424 g/mol. The summed E-state index contributed by atoms with van der Waals surface area (Å²) in [4.78, 5) is 17.3. The van der Waals surface area contributed by atoms with E-state index in [2.05, 4.69) is 10.4 Å². The molecule has 7 heteroatoms. The zero-order valence-corrected chi connectivity index (χ0v) is 19.4. The Balaban J connectivity index is 1.67. The summed E-state index contributed by atoms with van der Waals surface area (Å²) in [5, 5.41) is 8.38. The Bertz CT molecular complexity index is 1070. The minimum Gasteiger partial charge on any atom is -0.491 e. The average Bonchev–Trinajstić information content (AvgIpc) is 3.03. The summed E-state index contributed by atoms with van der Waals surface area (Å²) in [6, 6.07) is 7.77. The van der Waals surface area contributed by atoms with Gasteiger partial charge in [-0.05, 0) is 69.9 Å². The van der Waals surface area contributed by atoms with Crippen LogP contribution >= 0.6 is 0 Å². The van der Waals surface area contributed by atoms with E-state index >= 15 is 0 Å². The molecular weight excluding hydrogens is 392 g/mol. The topological polar surface area (TPSA) is 78.3 Å². The highest BCUT2D eigenvalue weighted by Crippen LogP contribution is 2.30. The van der Waals surface area contributed by atoms with Crippen LogP contribution in [0.1, 0.15) is 55.6 Å². The third-order valence-electron chi connectivity index (χ3n) is 5.45. The van der Waals surface area contributed by atoms with Gasteiger partial charge in [-0.15, -0.1) is 5.10 Å². The Morgan fingerprint density at radius 1 is 1.16 bits per heavy atom. The predicted octanol–water partition coefficient (Wildman–Crippen LogP) is 4.19. The van der Waals surface area contributed by atoms with Crippen LogP contribution in [0.2, 0.25) is 0 Å². The van der Waals surface area contributed by atoms with Gasteiger partial charge in [0.15, 0.2) is 5.65 Å². The normalized spacial score (nSPS) is 12.3. The van der Waals surface area contributed by atoms with Gasteiger partial charge >= 0.3 is 0 Å². The van der Waals surface area contributed by atoms with E-state index < -0.39 is 0 Å². The average molecular weight is 425 g/mol. The van der Waals surface area contributed by atoms with Crippen LogP contribution in [-0.4, -0.2) is 33.9 Å². The lowest BCUT2D eigenvalue weighted by atomic mass is 10.00. The van der Waals surface area contributed by atoms with Crippen molar-refractivity contribution in [3.05, 3.63) is 46.6 Å². The van der Waals surface area contributed by atoms with E-state index in [0.717, 1.165) is 39.2 Å². The summed E-state index contributed by atoms with van der Waals surface area (Å²) in [6.45, 7) is 10.00. The van der Waals surface area contributed by atoms with Gasteiger partial charge in [0.1, 0.15) is 5.75 Å². The fourth-order valence-corrected chi connectivity index (χ4v) is 3.85. The lowest BCUT2D eigenvalue weighted by Gasteiger charge is -2.16. The highest BCUT2D eigenvalue weighted by atomic mass is 16.5. The fraction of sp³-hybridized carbons (Fsp3) is 0.458. The molecule has 0 aliphatic heterocycles. The van der Waals surface area contributed by atoms with E-state index in [1.54, 1.807) is 11.8 Å². The smallest absolute Gasteiger partial charge is 0.242 e. The van der Waals surface area contributed by atoms with Gasteiger partial charge in [-0.2, -0.15) is 0 Å². The number of carbonyl (C=O) groups excluding carboxylic acids is 1. The van der Waals surface area contributed by atoms with Crippen LogP contribution in [0.3, 0.4) is 0 Å². The maximum absolute atomic E-state index is 12.6. The highest BCUT2D eigenvalue weighted by Gasteiger charge is 2.19. The van der Waals surface area contributed by atoms with Crippen molar-refractivity contribution in [2.75, 3.05) is 7.11 Å². The molecule has 0 radical (unpaired) electrons. The van der Waals surface area contributed by atoms with Crippen molar-refractivity contribution >= 4 is 16.9 Å². The zero-order chi connectivity index (χ0) is 22.7. The van der Waals surface area contributed by atoms with Gasteiger partial charge in [-0.3, -0.25) is 4.79 Å². The van der Waals surface area contributed by atoms with Crippen LogP contribution in [-0.2, 0) is 18.3 Å². The summed E-state index contributed by atoms with van der Waals surface area (Å²) >= 11 is 0. The molecule has 1 amide bonds. The summed E-state index contributed by atoms with van der Waals surface area (Å²) in [5.74, 6) is 1.40. The van der Waals surface area contributed by atoms with Gasteiger partial charge in [0.05, 0.1) is 24.6 Å². The number of hydrogen-bond donors (Lipinski definition) is 1. The molecule has 0 saturated carbocycles. The van der Waals surface area contributed by atoms with Crippen LogP contribution < -0.4 is 14.8 Å². The Hall–Kier alpha value is -3.09. The summed E-state index contributed by atoms with van der Waals surface area (Å²) < 4.78 is 12.8. The maximum Gasteiger partial charge on any atom is 0.242 e. The first-order valence-corrected chi connectivity index (χ1v) is 10.6. The summed E-state index contributed by atoms with van der Waals surface area (Å²) in [5.41, 5.74) is 4.88. The molecule has 166 valence electrons. The Labute approximate surface area is 183 Å². The van der Waals surface area contributed by atoms with Crippen LogP contribution in [0.25, 0.3) is 11.0 Å². The Kier molecular flexibility index (Phi) is 6.83. The summed E-state index contributed by atoms with van der Waals surface area (Å²) in [7, 11) is 3.46. The van der Waals surface area contributed by atoms with Crippen LogP contribution in [0.5, 0.6) is 11.6 Å². The second-order valence-corrected chi connectivity index (χ2v) is 8.16. The largest absolute Gasteiger partial charge is 0.491 e.